The molecule has 0 N–H and O–H groups in total. The molecule has 1 aliphatic carbocycles. The summed E-state index contributed by atoms with van der Waals surface area (Å²) in [6.07, 6.45) is 4.16. The average molecular weight is 289 g/mol. The molecule has 4 heteroatoms. The first-order chi connectivity index (χ1) is 8.60. The van der Waals surface area contributed by atoms with Crippen molar-refractivity contribution in [2.75, 3.05) is 14.2 Å². The van der Waals surface area contributed by atoms with Gasteiger partial charge in [0.2, 0.25) is 0 Å². The second-order valence-corrected chi connectivity index (χ2v) is 5.76. The highest BCUT2D eigenvalue weighted by atomic mass is 35.5. The summed E-state index contributed by atoms with van der Waals surface area (Å²) in [5.41, 5.74) is 0.884. The van der Waals surface area contributed by atoms with Crippen molar-refractivity contribution in [3.8, 4) is 5.75 Å². The Balaban J connectivity index is 2.17. The number of halogens is 2. The van der Waals surface area contributed by atoms with Gasteiger partial charge in [-0.25, -0.2) is 0 Å². The van der Waals surface area contributed by atoms with E-state index in [1.807, 2.05) is 18.2 Å². The highest BCUT2D eigenvalue weighted by Gasteiger charge is 2.39. The summed E-state index contributed by atoms with van der Waals surface area (Å²) in [6, 6.07) is 5.54. The van der Waals surface area contributed by atoms with Crippen molar-refractivity contribution in [2.24, 2.45) is 0 Å². The van der Waals surface area contributed by atoms with Gasteiger partial charge >= 0.3 is 0 Å². The summed E-state index contributed by atoms with van der Waals surface area (Å²) in [6.45, 7) is 0. The van der Waals surface area contributed by atoms with Crippen molar-refractivity contribution in [3.05, 3.63) is 28.8 Å². The van der Waals surface area contributed by atoms with Gasteiger partial charge in [0.1, 0.15) is 5.75 Å². The molecule has 1 fully saturated rings. The van der Waals surface area contributed by atoms with Crippen molar-refractivity contribution < 1.29 is 9.47 Å². The quantitative estimate of drug-likeness (QED) is 0.738. The first-order valence-corrected chi connectivity index (χ1v) is 6.94. The number of rotatable bonds is 5. The predicted octanol–water partition coefficient (Wildman–Crippen LogP) is 4.59. The summed E-state index contributed by atoms with van der Waals surface area (Å²) in [4.78, 5) is 0. The highest BCUT2D eigenvalue weighted by Crippen LogP contribution is 2.45. The van der Waals surface area contributed by atoms with Crippen LogP contribution < -0.4 is 4.74 Å². The third-order valence-corrected chi connectivity index (χ3v) is 4.40. The monoisotopic (exact) mass is 288 g/mol. The number of ether oxygens (including phenoxy) is 2. The minimum absolute atomic E-state index is 0.0558. The Morgan fingerprint density at radius 3 is 2.56 bits per heavy atom. The average Bonchev–Trinajstić information content (AvgIpc) is 2.33. The summed E-state index contributed by atoms with van der Waals surface area (Å²) in [5.74, 6) is 0.782. The number of benzene rings is 1. The summed E-state index contributed by atoms with van der Waals surface area (Å²) < 4.78 is 10.9. The Kier molecular flexibility index (Phi) is 4.41. The molecule has 0 spiro atoms. The van der Waals surface area contributed by atoms with Gasteiger partial charge in [0.05, 0.1) is 18.1 Å². The van der Waals surface area contributed by atoms with Crippen molar-refractivity contribution in [2.45, 2.75) is 36.7 Å². The molecule has 1 aliphatic rings. The molecule has 1 atom stereocenters. The summed E-state index contributed by atoms with van der Waals surface area (Å²) in [5, 5.41) is 0.537. The van der Waals surface area contributed by atoms with Crippen LogP contribution in [0.25, 0.3) is 0 Å². The molecule has 2 rings (SSSR count). The highest BCUT2D eigenvalue weighted by molar-refractivity contribution is 6.31. The Labute approximate surface area is 118 Å². The van der Waals surface area contributed by atoms with E-state index in [4.69, 9.17) is 32.7 Å². The van der Waals surface area contributed by atoms with Gasteiger partial charge in [-0.05, 0) is 43.9 Å². The second-order valence-electron chi connectivity index (χ2n) is 4.80. The number of hydrogen-bond donors (Lipinski definition) is 0. The van der Waals surface area contributed by atoms with Crippen molar-refractivity contribution >= 4 is 23.2 Å². The molecule has 1 aromatic rings. The van der Waals surface area contributed by atoms with Crippen LogP contribution in [-0.4, -0.2) is 19.8 Å². The maximum absolute atomic E-state index is 6.52. The van der Waals surface area contributed by atoms with Gasteiger partial charge < -0.3 is 9.47 Å². The molecule has 0 saturated heterocycles. The lowest BCUT2D eigenvalue weighted by atomic mass is 9.76. The third kappa shape index (κ3) is 2.76. The van der Waals surface area contributed by atoms with Crippen LogP contribution in [0.5, 0.6) is 5.75 Å². The van der Waals surface area contributed by atoms with Crippen LogP contribution in [0, 0.1) is 0 Å². The number of hydrogen-bond acceptors (Lipinski definition) is 2. The minimum Gasteiger partial charge on any atom is -0.496 e. The molecule has 1 unspecified atom stereocenters. The summed E-state index contributed by atoms with van der Waals surface area (Å²) in [7, 11) is 3.41. The van der Waals surface area contributed by atoms with Crippen LogP contribution in [0.4, 0.5) is 0 Å². The van der Waals surface area contributed by atoms with Crippen LogP contribution in [0.15, 0.2) is 18.2 Å². The Morgan fingerprint density at radius 2 is 2.06 bits per heavy atom. The van der Waals surface area contributed by atoms with E-state index in [9.17, 15) is 0 Å². The predicted molar refractivity (Wildman–Crippen MR) is 74.8 cm³/mol. The first-order valence-electron chi connectivity index (χ1n) is 6.13. The fraction of sp³-hybridized carbons (Fsp3) is 0.571. The fourth-order valence-corrected chi connectivity index (χ4v) is 3.08. The van der Waals surface area contributed by atoms with Crippen molar-refractivity contribution in [1.29, 1.82) is 0 Å². The largest absolute Gasteiger partial charge is 0.496 e. The van der Waals surface area contributed by atoms with Gasteiger partial charge in [0.15, 0.2) is 0 Å². The van der Waals surface area contributed by atoms with E-state index >= 15 is 0 Å². The van der Waals surface area contributed by atoms with Gasteiger partial charge in [0, 0.05) is 17.7 Å². The third-order valence-electron chi connectivity index (χ3n) is 3.78. The molecule has 0 aliphatic heterocycles. The maximum atomic E-state index is 6.52. The lowest BCUT2D eigenvalue weighted by molar-refractivity contribution is -0.0780. The fourth-order valence-electron chi connectivity index (χ4n) is 2.45. The molecule has 0 bridgehead atoms. The standard InChI is InChI=1S/C14H18Cl2O2/c1-17-13-5-4-10(15)8-11(13)12(16)9-14(18-2)6-3-7-14/h4-5,8,12H,3,6-7,9H2,1-2H3. The van der Waals surface area contributed by atoms with Crippen LogP contribution in [0.1, 0.15) is 36.6 Å². The minimum atomic E-state index is -0.140. The smallest absolute Gasteiger partial charge is 0.123 e. The normalized spacial score (nSPS) is 19.1. The zero-order chi connectivity index (χ0) is 13.2. The SMILES string of the molecule is COc1ccc(Cl)cc1C(Cl)CC1(OC)CCC1. The first kappa shape index (κ1) is 14.0. The van der Waals surface area contributed by atoms with E-state index in [0.29, 0.717) is 5.02 Å². The van der Waals surface area contributed by atoms with E-state index in [2.05, 4.69) is 0 Å². The van der Waals surface area contributed by atoms with Crippen LogP contribution in [0.3, 0.4) is 0 Å². The second kappa shape index (κ2) is 5.68. The number of methoxy groups -OCH3 is 2. The Bertz CT molecular complexity index is 411. The lowest BCUT2D eigenvalue weighted by Crippen LogP contribution is -2.39. The van der Waals surface area contributed by atoms with Crippen LogP contribution in [-0.2, 0) is 4.74 Å². The molecule has 0 radical (unpaired) electrons. The Hall–Kier alpha value is -0.440. The zero-order valence-corrected chi connectivity index (χ0v) is 12.2. The molecule has 100 valence electrons. The molecule has 0 aromatic heterocycles. The molecule has 1 saturated carbocycles. The molecule has 18 heavy (non-hydrogen) atoms. The zero-order valence-electron chi connectivity index (χ0n) is 10.7. The van der Waals surface area contributed by atoms with Gasteiger partial charge in [-0.2, -0.15) is 0 Å². The van der Waals surface area contributed by atoms with E-state index < -0.39 is 0 Å². The van der Waals surface area contributed by atoms with Gasteiger partial charge in [-0.3, -0.25) is 0 Å². The van der Waals surface area contributed by atoms with E-state index in [1.54, 1.807) is 14.2 Å². The number of alkyl halides is 1. The molecule has 0 amide bonds. The Morgan fingerprint density at radius 1 is 1.33 bits per heavy atom. The van der Waals surface area contributed by atoms with Gasteiger partial charge in [0.25, 0.3) is 0 Å². The van der Waals surface area contributed by atoms with Crippen molar-refractivity contribution in [3.63, 3.8) is 0 Å². The van der Waals surface area contributed by atoms with Crippen molar-refractivity contribution in [1.82, 2.24) is 0 Å². The topological polar surface area (TPSA) is 18.5 Å². The van der Waals surface area contributed by atoms with Crippen LogP contribution >= 0.6 is 23.2 Å². The van der Waals surface area contributed by atoms with Crippen LogP contribution in [0.2, 0.25) is 5.02 Å². The van der Waals surface area contributed by atoms with E-state index in [0.717, 1.165) is 30.6 Å². The molecule has 0 heterocycles. The molecular weight excluding hydrogens is 271 g/mol. The van der Waals surface area contributed by atoms with Gasteiger partial charge in [-0.1, -0.05) is 11.6 Å². The van der Waals surface area contributed by atoms with E-state index in [-0.39, 0.29) is 11.0 Å². The molecule has 1 aromatic carbocycles. The summed E-state index contributed by atoms with van der Waals surface area (Å²) >= 11 is 12.5. The lowest BCUT2D eigenvalue weighted by Gasteiger charge is -2.42. The van der Waals surface area contributed by atoms with Gasteiger partial charge in [-0.15, -0.1) is 11.6 Å². The van der Waals surface area contributed by atoms with E-state index in [1.165, 1.54) is 6.42 Å². The maximum Gasteiger partial charge on any atom is 0.123 e. The molecular formula is C14H18Cl2O2. The molecule has 2 nitrogen and oxygen atoms in total.